The average Bonchev–Trinajstić information content (AvgIpc) is 3.14. The lowest BCUT2D eigenvalue weighted by atomic mass is 9.75. The third kappa shape index (κ3) is 2.65. The molecule has 3 nitrogen and oxygen atoms in total. The monoisotopic (exact) mass is 236 g/mol. The van der Waals surface area contributed by atoms with Crippen molar-refractivity contribution in [1.29, 1.82) is 0 Å². The van der Waals surface area contributed by atoms with E-state index < -0.39 is 0 Å². The summed E-state index contributed by atoms with van der Waals surface area (Å²) in [7, 11) is 0. The van der Waals surface area contributed by atoms with Gasteiger partial charge < -0.3 is 10.6 Å². The summed E-state index contributed by atoms with van der Waals surface area (Å²) in [5, 5.41) is 7.00. The molecule has 0 aromatic heterocycles. The Morgan fingerprint density at radius 2 is 1.88 bits per heavy atom. The second kappa shape index (κ2) is 4.60. The number of nitrogens with one attached hydrogen (secondary N) is 2. The molecule has 96 valence electrons. The van der Waals surface area contributed by atoms with Gasteiger partial charge in [-0.2, -0.15) is 0 Å². The van der Waals surface area contributed by atoms with Crippen molar-refractivity contribution in [3.05, 3.63) is 0 Å². The highest BCUT2D eigenvalue weighted by Gasteiger charge is 2.38. The molecule has 1 unspecified atom stereocenters. The Morgan fingerprint density at radius 3 is 2.59 bits per heavy atom. The molecular weight excluding hydrogens is 212 g/mol. The first-order valence-electron chi connectivity index (χ1n) is 7.33. The van der Waals surface area contributed by atoms with E-state index in [1.807, 2.05) is 0 Å². The van der Waals surface area contributed by atoms with Gasteiger partial charge in [-0.3, -0.25) is 4.79 Å². The largest absolute Gasteiger partial charge is 0.353 e. The number of amides is 1. The maximum absolute atomic E-state index is 11.8. The predicted molar refractivity (Wildman–Crippen MR) is 67.7 cm³/mol. The van der Waals surface area contributed by atoms with E-state index in [0.29, 0.717) is 23.4 Å². The molecule has 1 amide bonds. The third-order valence-electron chi connectivity index (χ3n) is 4.74. The van der Waals surface area contributed by atoms with Crippen molar-refractivity contribution in [3.63, 3.8) is 0 Å². The summed E-state index contributed by atoms with van der Waals surface area (Å²) in [6.45, 7) is 1.08. The number of hydrogen-bond acceptors (Lipinski definition) is 2. The summed E-state index contributed by atoms with van der Waals surface area (Å²) in [5.74, 6) is 0.676. The van der Waals surface area contributed by atoms with Gasteiger partial charge in [0.1, 0.15) is 0 Å². The van der Waals surface area contributed by atoms with Crippen LogP contribution in [-0.4, -0.2) is 24.0 Å². The van der Waals surface area contributed by atoms with Crippen molar-refractivity contribution in [3.8, 4) is 0 Å². The molecule has 2 N–H and O–H groups in total. The Labute approximate surface area is 104 Å². The van der Waals surface area contributed by atoms with Crippen molar-refractivity contribution in [2.24, 2.45) is 5.92 Å². The van der Waals surface area contributed by atoms with Gasteiger partial charge in [0.25, 0.3) is 0 Å². The lowest BCUT2D eigenvalue weighted by Gasteiger charge is -2.44. The number of rotatable bonds is 2. The summed E-state index contributed by atoms with van der Waals surface area (Å²) < 4.78 is 0. The summed E-state index contributed by atoms with van der Waals surface area (Å²) in [4.78, 5) is 11.8. The predicted octanol–water partition coefficient (Wildman–Crippen LogP) is 1.97. The maximum atomic E-state index is 11.8. The molecule has 2 saturated carbocycles. The minimum absolute atomic E-state index is 0.322. The Kier molecular flexibility index (Phi) is 3.12. The first kappa shape index (κ1) is 11.5. The van der Waals surface area contributed by atoms with Gasteiger partial charge in [-0.1, -0.05) is 19.3 Å². The van der Waals surface area contributed by atoms with Crippen LogP contribution in [0.2, 0.25) is 0 Å². The van der Waals surface area contributed by atoms with E-state index in [1.54, 1.807) is 0 Å². The van der Waals surface area contributed by atoms with Crippen molar-refractivity contribution in [1.82, 2.24) is 10.6 Å². The lowest BCUT2D eigenvalue weighted by molar-refractivity contribution is -0.123. The van der Waals surface area contributed by atoms with Gasteiger partial charge in [0.15, 0.2) is 0 Å². The van der Waals surface area contributed by atoms with E-state index in [1.165, 1.54) is 32.1 Å². The molecule has 0 bridgehead atoms. The zero-order valence-corrected chi connectivity index (χ0v) is 10.6. The zero-order chi connectivity index (χ0) is 11.7. The third-order valence-corrected chi connectivity index (χ3v) is 4.74. The van der Waals surface area contributed by atoms with Crippen molar-refractivity contribution >= 4 is 5.91 Å². The SMILES string of the molecule is O=C(NC1CCNC2(CCCCC2)C1)C1CC1. The first-order valence-corrected chi connectivity index (χ1v) is 7.33. The van der Waals surface area contributed by atoms with Gasteiger partial charge >= 0.3 is 0 Å². The van der Waals surface area contributed by atoms with Gasteiger partial charge in [0.05, 0.1) is 0 Å². The minimum atomic E-state index is 0.322. The Balaban J connectivity index is 1.56. The average molecular weight is 236 g/mol. The molecular formula is C14H24N2O. The molecule has 1 saturated heterocycles. The molecule has 0 aromatic carbocycles. The quantitative estimate of drug-likeness (QED) is 0.769. The molecule has 1 atom stereocenters. The molecule has 0 aromatic rings. The molecule has 1 aliphatic heterocycles. The molecule has 3 heteroatoms. The van der Waals surface area contributed by atoms with Crippen LogP contribution in [-0.2, 0) is 4.79 Å². The van der Waals surface area contributed by atoms with E-state index in [-0.39, 0.29) is 0 Å². The molecule has 1 spiro atoms. The number of carbonyl (C=O) groups excluding carboxylic acids is 1. The summed E-state index contributed by atoms with van der Waals surface area (Å²) in [5.41, 5.74) is 0.359. The van der Waals surface area contributed by atoms with Crippen LogP contribution in [0.1, 0.15) is 57.8 Å². The van der Waals surface area contributed by atoms with Crippen LogP contribution in [0.15, 0.2) is 0 Å². The minimum Gasteiger partial charge on any atom is -0.353 e. The van der Waals surface area contributed by atoms with E-state index in [0.717, 1.165) is 32.2 Å². The second-order valence-corrected chi connectivity index (χ2v) is 6.24. The van der Waals surface area contributed by atoms with Crippen LogP contribution < -0.4 is 10.6 Å². The van der Waals surface area contributed by atoms with Crippen LogP contribution >= 0.6 is 0 Å². The molecule has 3 fully saturated rings. The topological polar surface area (TPSA) is 41.1 Å². The van der Waals surface area contributed by atoms with E-state index in [2.05, 4.69) is 10.6 Å². The number of piperidine rings is 1. The molecule has 3 aliphatic rings. The summed E-state index contributed by atoms with van der Waals surface area (Å²) in [6, 6.07) is 0.433. The zero-order valence-electron chi connectivity index (χ0n) is 10.6. The van der Waals surface area contributed by atoms with Gasteiger partial charge in [0.2, 0.25) is 5.91 Å². The normalized spacial score (nSPS) is 32.4. The summed E-state index contributed by atoms with van der Waals surface area (Å²) in [6.07, 6.45) is 11.2. The van der Waals surface area contributed by atoms with Crippen LogP contribution in [0.3, 0.4) is 0 Å². The van der Waals surface area contributed by atoms with Crippen molar-refractivity contribution in [2.45, 2.75) is 69.4 Å². The van der Waals surface area contributed by atoms with E-state index in [9.17, 15) is 4.79 Å². The first-order chi connectivity index (χ1) is 8.27. The Morgan fingerprint density at radius 1 is 1.12 bits per heavy atom. The Hall–Kier alpha value is -0.570. The highest BCUT2D eigenvalue weighted by atomic mass is 16.2. The van der Waals surface area contributed by atoms with Gasteiger partial charge in [-0.15, -0.1) is 0 Å². The fourth-order valence-corrected chi connectivity index (χ4v) is 3.55. The maximum Gasteiger partial charge on any atom is 0.223 e. The molecule has 3 rings (SSSR count). The fraction of sp³-hybridized carbons (Fsp3) is 0.929. The van der Waals surface area contributed by atoms with Crippen molar-refractivity contribution < 1.29 is 4.79 Å². The molecule has 0 radical (unpaired) electrons. The van der Waals surface area contributed by atoms with Gasteiger partial charge in [-0.05, 0) is 45.1 Å². The summed E-state index contributed by atoms with van der Waals surface area (Å²) >= 11 is 0. The number of hydrogen-bond donors (Lipinski definition) is 2. The van der Waals surface area contributed by atoms with Crippen molar-refractivity contribution in [2.75, 3.05) is 6.54 Å². The van der Waals surface area contributed by atoms with E-state index in [4.69, 9.17) is 0 Å². The molecule has 2 aliphatic carbocycles. The number of carbonyl (C=O) groups is 1. The fourth-order valence-electron chi connectivity index (χ4n) is 3.55. The standard InChI is InChI=1S/C14H24N2O/c17-13(11-4-5-11)16-12-6-9-15-14(10-12)7-2-1-3-8-14/h11-12,15H,1-10H2,(H,16,17). The van der Waals surface area contributed by atoms with Gasteiger partial charge in [0, 0.05) is 17.5 Å². The highest BCUT2D eigenvalue weighted by molar-refractivity contribution is 5.81. The molecule has 1 heterocycles. The second-order valence-electron chi connectivity index (χ2n) is 6.24. The molecule has 17 heavy (non-hydrogen) atoms. The Bertz CT molecular complexity index is 287. The van der Waals surface area contributed by atoms with Crippen LogP contribution in [0.5, 0.6) is 0 Å². The lowest BCUT2D eigenvalue weighted by Crippen LogP contribution is -2.57. The smallest absolute Gasteiger partial charge is 0.223 e. The van der Waals surface area contributed by atoms with Gasteiger partial charge in [-0.25, -0.2) is 0 Å². The van der Waals surface area contributed by atoms with Crippen LogP contribution in [0.25, 0.3) is 0 Å². The van der Waals surface area contributed by atoms with E-state index >= 15 is 0 Å². The highest BCUT2D eigenvalue weighted by Crippen LogP contribution is 2.35. The van der Waals surface area contributed by atoms with Crippen LogP contribution in [0.4, 0.5) is 0 Å². The van der Waals surface area contributed by atoms with Crippen LogP contribution in [0, 0.1) is 5.92 Å².